The normalized spacial score (nSPS) is 16.1. The lowest BCUT2D eigenvalue weighted by atomic mass is 9.94. The number of nitrogens with one attached hydrogen (secondary N) is 3. The van der Waals surface area contributed by atoms with Gasteiger partial charge in [0.25, 0.3) is 5.91 Å². The van der Waals surface area contributed by atoms with Crippen LogP contribution >= 0.6 is 12.2 Å². The molecule has 6 nitrogen and oxygen atoms in total. The molecule has 28 heavy (non-hydrogen) atoms. The highest BCUT2D eigenvalue weighted by Gasteiger charge is 2.32. The Morgan fingerprint density at radius 2 is 1.82 bits per heavy atom. The van der Waals surface area contributed by atoms with Crippen molar-refractivity contribution in [1.29, 1.82) is 0 Å². The zero-order chi connectivity index (χ0) is 20.1. The summed E-state index contributed by atoms with van der Waals surface area (Å²) in [6.45, 7) is 4.28. The largest absolute Gasteiger partial charge is 0.495 e. The van der Waals surface area contributed by atoms with Crippen molar-refractivity contribution in [2.45, 2.75) is 19.9 Å². The van der Waals surface area contributed by atoms with Crippen LogP contribution in [0.25, 0.3) is 0 Å². The summed E-state index contributed by atoms with van der Waals surface area (Å²) in [4.78, 5) is 13.2. The van der Waals surface area contributed by atoms with Gasteiger partial charge in [0.2, 0.25) is 0 Å². The third kappa shape index (κ3) is 4.09. The van der Waals surface area contributed by atoms with Gasteiger partial charge in [0, 0.05) is 11.3 Å². The average Bonchev–Trinajstić information content (AvgIpc) is 2.68. The minimum absolute atomic E-state index is 0.249. The van der Waals surface area contributed by atoms with Gasteiger partial charge in [0.1, 0.15) is 11.5 Å². The minimum Gasteiger partial charge on any atom is -0.495 e. The molecule has 1 aliphatic heterocycles. The molecular formula is C21H23N3O3S. The van der Waals surface area contributed by atoms with Crippen molar-refractivity contribution in [3.05, 3.63) is 65.4 Å². The van der Waals surface area contributed by atoms with Gasteiger partial charge in [-0.3, -0.25) is 4.79 Å². The molecule has 3 N–H and O–H groups in total. The van der Waals surface area contributed by atoms with Crippen molar-refractivity contribution in [3.63, 3.8) is 0 Å². The lowest BCUT2D eigenvalue weighted by Crippen LogP contribution is -2.45. The number of carbonyl (C=O) groups is 1. The molecule has 146 valence electrons. The Balaban J connectivity index is 2.00. The van der Waals surface area contributed by atoms with Crippen LogP contribution in [0, 0.1) is 0 Å². The van der Waals surface area contributed by atoms with E-state index >= 15 is 0 Å². The van der Waals surface area contributed by atoms with Gasteiger partial charge in [0.05, 0.1) is 31.0 Å². The van der Waals surface area contributed by atoms with Gasteiger partial charge in [-0.15, -0.1) is 0 Å². The number of amides is 1. The maximum absolute atomic E-state index is 13.2. The maximum atomic E-state index is 13.2. The molecule has 0 radical (unpaired) electrons. The zero-order valence-corrected chi connectivity index (χ0v) is 16.9. The fourth-order valence-electron chi connectivity index (χ4n) is 3.17. The first-order chi connectivity index (χ1) is 13.5. The van der Waals surface area contributed by atoms with E-state index in [-0.39, 0.29) is 5.91 Å². The van der Waals surface area contributed by atoms with E-state index in [0.717, 1.165) is 5.56 Å². The van der Waals surface area contributed by atoms with Gasteiger partial charge in [-0.25, -0.2) is 0 Å². The summed E-state index contributed by atoms with van der Waals surface area (Å²) < 4.78 is 11.1. The van der Waals surface area contributed by atoms with Crippen LogP contribution in [-0.4, -0.2) is 24.7 Å². The quantitative estimate of drug-likeness (QED) is 0.648. The molecule has 1 aliphatic rings. The smallest absolute Gasteiger partial charge is 0.255 e. The van der Waals surface area contributed by atoms with E-state index < -0.39 is 6.04 Å². The predicted octanol–water partition coefficient (Wildman–Crippen LogP) is 3.53. The molecule has 0 saturated heterocycles. The van der Waals surface area contributed by atoms with Crippen molar-refractivity contribution in [2.75, 3.05) is 19.0 Å². The van der Waals surface area contributed by atoms with Gasteiger partial charge < -0.3 is 25.4 Å². The van der Waals surface area contributed by atoms with E-state index in [0.29, 0.717) is 40.2 Å². The Hall–Kier alpha value is -3.06. The van der Waals surface area contributed by atoms with Gasteiger partial charge in [-0.05, 0) is 44.3 Å². The number of thiocarbonyl (C=S) groups is 1. The second-order valence-corrected chi connectivity index (χ2v) is 6.60. The number of para-hydroxylation sites is 3. The van der Waals surface area contributed by atoms with Crippen LogP contribution in [-0.2, 0) is 4.79 Å². The first-order valence-electron chi connectivity index (χ1n) is 8.99. The zero-order valence-electron chi connectivity index (χ0n) is 16.0. The van der Waals surface area contributed by atoms with Crippen molar-refractivity contribution in [1.82, 2.24) is 10.6 Å². The predicted molar refractivity (Wildman–Crippen MR) is 114 cm³/mol. The summed E-state index contributed by atoms with van der Waals surface area (Å²) >= 11 is 5.33. The molecule has 1 atom stereocenters. The summed E-state index contributed by atoms with van der Waals surface area (Å²) in [5.74, 6) is 1.05. The number of carbonyl (C=O) groups excluding carboxylic acids is 1. The van der Waals surface area contributed by atoms with Crippen LogP contribution in [0.15, 0.2) is 59.8 Å². The molecule has 0 saturated carbocycles. The molecule has 0 spiro atoms. The van der Waals surface area contributed by atoms with E-state index in [1.165, 1.54) is 0 Å². The molecule has 3 rings (SSSR count). The van der Waals surface area contributed by atoms with Crippen molar-refractivity contribution >= 4 is 28.9 Å². The summed E-state index contributed by atoms with van der Waals surface area (Å²) in [6.07, 6.45) is 0. The number of hydrogen-bond donors (Lipinski definition) is 3. The van der Waals surface area contributed by atoms with E-state index in [9.17, 15) is 4.79 Å². The molecule has 0 bridgehead atoms. The highest BCUT2D eigenvalue weighted by molar-refractivity contribution is 7.80. The SMILES string of the molecule is CCOc1ccccc1[C@H]1NC(=S)NC(C)=C1C(=O)Nc1ccccc1OC. The maximum Gasteiger partial charge on any atom is 0.255 e. The number of rotatable bonds is 6. The van der Waals surface area contributed by atoms with Gasteiger partial charge in [-0.1, -0.05) is 30.3 Å². The number of anilines is 1. The van der Waals surface area contributed by atoms with Gasteiger partial charge in [0.15, 0.2) is 5.11 Å². The van der Waals surface area contributed by atoms with E-state index in [1.54, 1.807) is 19.2 Å². The molecule has 0 aromatic heterocycles. The standard InChI is InChI=1S/C21H23N3O3S/c1-4-27-16-11-7-5-9-14(16)19-18(13(2)22-21(28)24-19)20(25)23-15-10-6-8-12-17(15)26-3/h5-12,19H,4H2,1-3H3,(H,23,25)(H2,22,24,28)/t19-/m1/s1. The molecule has 7 heteroatoms. The molecule has 2 aromatic rings. The second kappa shape index (κ2) is 8.75. The molecule has 1 amide bonds. The summed E-state index contributed by atoms with van der Waals surface area (Å²) in [6, 6.07) is 14.5. The first kappa shape index (κ1) is 19.7. The lowest BCUT2D eigenvalue weighted by molar-refractivity contribution is -0.113. The van der Waals surface area contributed by atoms with Crippen LogP contribution in [0.2, 0.25) is 0 Å². The highest BCUT2D eigenvalue weighted by atomic mass is 32.1. The number of allylic oxidation sites excluding steroid dienone is 1. The van der Waals surface area contributed by atoms with Gasteiger partial charge in [-0.2, -0.15) is 0 Å². The van der Waals surface area contributed by atoms with Crippen LogP contribution < -0.4 is 25.4 Å². The Morgan fingerprint density at radius 1 is 1.14 bits per heavy atom. The minimum atomic E-state index is -0.439. The first-order valence-corrected chi connectivity index (χ1v) is 9.40. The second-order valence-electron chi connectivity index (χ2n) is 6.20. The Labute approximate surface area is 169 Å². The van der Waals surface area contributed by atoms with Crippen LogP contribution in [0.5, 0.6) is 11.5 Å². The Kier molecular flexibility index (Phi) is 6.16. The van der Waals surface area contributed by atoms with Crippen LogP contribution in [0.3, 0.4) is 0 Å². The topological polar surface area (TPSA) is 71.6 Å². The van der Waals surface area contributed by atoms with Crippen molar-refractivity contribution in [3.8, 4) is 11.5 Å². The fourth-order valence-corrected chi connectivity index (χ4v) is 3.44. The van der Waals surface area contributed by atoms with Crippen molar-refractivity contribution in [2.24, 2.45) is 0 Å². The average molecular weight is 398 g/mol. The van der Waals surface area contributed by atoms with E-state index in [4.69, 9.17) is 21.7 Å². The summed E-state index contributed by atoms with van der Waals surface area (Å²) in [5, 5.41) is 9.64. The van der Waals surface area contributed by atoms with E-state index in [1.807, 2.05) is 50.2 Å². The third-order valence-electron chi connectivity index (χ3n) is 4.40. The number of ether oxygens (including phenoxy) is 2. The van der Waals surface area contributed by atoms with Crippen LogP contribution in [0.1, 0.15) is 25.5 Å². The Morgan fingerprint density at radius 3 is 2.54 bits per heavy atom. The highest BCUT2D eigenvalue weighted by Crippen LogP contribution is 2.34. The summed E-state index contributed by atoms with van der Waals surface area (Å²) in [7, 11) is 1.57. The molecule has 1 heterocycles. The lowest BCUT2D eigenvalue weighted by Gasteiger charge is -2.31. The molecule has 0 unspecified atom stereocenters. The molecule has 2 aromatic carbocycles. The van der Waals surface area contributed by atoms with Crippen molar-refractivity contribution < 1.29 is 14.3 Å². The number of methoxy groups -OCH3 is 1. The van der Waals surface area contributed by atoms with Crippen LogP contribution in [0.4, 0.5) is 5.69 Å². The third-order valence-corrected chi connectivity index (χ3v) is 4.62. The Bertz CT molecular complexity index is 927. The number of hydrogen-bond acceptors (Lipinski definition) is 4. The number of benzene rings is 2. The molecular weight excluding hydrogens is 374 g/mol. The molecule has 0 aliphatic carbocycles. The fraction of sp³-hybridized carbons (Fsp3) is 0.238. The monoisotopic (exact) mass is 397 g/mol. The van der Waals surface area contributed by atoms with Gasteiger partial charge >= 0.3 is 0 Å². The van der Waals surface area contributed by atoms with E-state index in [2.05, 4.69) is 16.0 Å². The summed E-state index contributed by atoms with van der Waals surface area (Å²) in [5.41, 5.74) is 2.66. The molecule has 0 fully saturated rings.